The Morgan fingerprint density at radius 1 is 0.444 bits per heavy atom. The summed E-state index contributed by atoms with van der Waals surface area (Å²) in [5.74, 6) is 0. The molecule has 0 saturated carbocycles. The Kier molecular flexibility index (Phi) is 21.8. The minimum Gasteiger partial charge on any atom is -0.324 e. The lowest BCUT2D eigenvalue weighted by atomic mass is 10.0. The number of alkyl halides is 1. The molecule has 0 aliphatic rings. The second-order valence-electron chi connectivity index (χ2n) is 8.15. The van der Waals surface area contributed by atoms with Crippen molar-refractivity contribution in [2.24, 2.45) is 0 Å². The monoisotopic (exact) mass is 468 g/mol. The maximum atomic E-state index is 10.7. The van der Waals surface area contributed by atoms with Crippen LogP contribution in [0.2, 0.25) is 0 Å². The lowest BCUT2D eigenvalue weighted by Crippen LogP contribution is -1.88. The van der Waals surface area contributed by atoms with Gasteiger partial charge in [-0.05, 0) is 12.8 Å². The molecular weight excluding hydrogens is 423 g/mol. The van der Waals surface area contributed by atoms with Gasteiger partial charge in [-0.1, -0.05) is 132 Å². The Morgan fingerprint density at radius 2 is 0.667 bits per heavy atom. The summed E-state index contributed by atoms with van der Waals surface area (Å²) in [5.41, 5.74) is 0. The molecule has 0 spiro atoms. The van der Waals surface area contributed by atoms with Gasteiger partial charge in [-0.15, -0.1) is 0 Å². The van der Waals surface area contributed by atoms with Crippen LogP contribution in [0.5, 0.6) is 0 Å². The van der Waals surface area contributed by atoms with Gasteiger partial charge in [-0.25, -0.2) is 0 Å². The summed E-state index contributed by atoms with van der Waals surface area (Å²) >= 11 is 3.49. The van der Waals surface area contributed by atoms with Gasteiger partial charge in [0.05, 0.1) is 0 Å². The molecule has 27 heavy (non-hydrogen) atoms. The summed E-state index contributed by atoms with van der Waals surface area (Å²) in [6.45, 7) is 0. The first-order chi connectivity index (χ1) is 13.1. The Bertz CT molecular complexity index is 334. The van der Waals surface area contributed by atoms with E-state index in [1.165, 1.54) is 109 Å². The topological polar surface area (TPSA) is 57.5 Å². The third-order valence-corrected chi connectivity index (χ3v) is 6.79. The second kappa shape index (κ2) is 21.3. The summed E-state index contributed by atoms with van der Waals surface area (Å²) in [6, 6.07) is 0. The van der Waals surface area contributed by atoms with Crippen LogP contribution in [0.3, 0.4) is 0 Å². The van der Waals surface area contributed by atoms with E-state index >= 15 is 0 Å². The van der Waals surface area contributed by atoms with Crippen molar-refractivity contribution in [3.05, 3.63) is 0 Å². The summed E-state index contributed by atoms with van der Waals surface area (Å²) in [4.78, 5) is 17.6. The van der Waals surface area contributed by atoms with Gasteiger partial charge in [0.25, 0.3) is 0 Å². The van der Waals surface area contributed by atoms with Crippen molar-refractivity contribution in [1.82, 2.24) is 0 Å². The Labute approximate surface area is 177 Å². The van der Waals surface area contributed by atoms with E-state index in [-0.39, 0.29) is 6.16 Å². The van der Waals surface area contributed by atoms with Crippen molar-refractivity contribution in [2.45, 2.75) is 128 Å². The Balaban J connectivity index is 3.02. The zero-order valence-electron chi connectivity index (χ0n) is 17.7. The highest BCUT2D eigenvalue weighted by atomic mass is 79.9. The van der Waals surface area contributed by atoms with Gasteiger partial charge < -0.3 is 9.79 Å². The molecule has 0 aromatic heterocycles. The van der Waals surface area contributed by atoms with E-state index in [0.29, 0.717) is 6.42 Å². The van der Waals surface area contributed by atoms with Crippen LogP contribution in [0.1, 0.15) is 128 Å². The van der Waals surface area contributed by atoms with Gasteiger partial charge in [0.2, 0.25) is 0 Å². The maximum Gasteiger partial charge on any atom is 0.325 e. The predicted octanol–water partition coefficient (Wildman–Crippen LogP) is 8.36. The molecule has 0 heterocycles. The highest BCUT2D eigenvalue weighted by Gasteiger charge is 2.10. The minimum absolute atomic E-state index is 0.0601. The van der Waals surface area contributed by atoms with Crippen LogP contribution in [-0.4, -0.2) is 21.3 Å². The lowest BCUT2D eigenvalue weighted by Gasteiger charge is -2.04. The van der Waals surface area contributed by atoms with E-state index in [0.717, 1.165) is 18.2 Å². The molecule has 0 aromatic rings. The molecule has 0 radical (unpaired) electrons. The van der Waals surface area contributed by atoms with E-state index < -0.39 is 7.60 Å². The van der Waals surface area contributed by atoms with Crippen LogP contribution in [0, 0.1) is 0 Å². The van der Waals surface area contributed by atoms with E-state index in [1.54, 1.807) is 0 Å². The van der Waals surface area contributed by atoms with Gasteiger partial charge in [0.1, 0.15) is 0 Å². The summed E-state index contributed by atoms with van der Waals surface area (Å²) in [6.07, 6.45) is 26.4. The normalized spacial score (nSPS) is 12.0. The summed E-state index contributed by atoms with van der Waals surface area (Å²) in [7, 11) is -3.76. The minimum atomic E-state index is -3.76. The van der Waals surface area contributed by atoms with Gasteiger partial charge in [-0.2, -0.15) is 0 Å². The SMILES string of the molecule is O=P(O)(O)CCCCCCCCCCCCCCCCCCCCCCBr. The zero-order valence-corrected chi connectivity index (χ0v) is 20.2. The number of halogens is 1. The molecule has 0 aliphatic heterocycles. The standard InChI is InChI=1S/C22H46BrO3P/c23-21-19-17-15-13-11-9-7-5-3-1-2-4-6-8-10-12-14-16-18-20-22-27(24,25)26/h1-22H2,(H2,24,25,26). The van der Waals surface area contributed by atoms with Crippen molar-refractivity contribution in [3.8, 4) is 0 Å². The van der Waals surface area contributed by atoms with Crippen molar-refractivity contribution < 1.29 is 14.4 Å². The molecule has 0 unspecified atom stereocenters. The number of unbranched alkanes of at least 4 members (excludes halogenated alkanes) is 19. The number of rotatable bonds is 22. The second-order valence-corrected chi connectivity index (χ2v) is 10.7. The molecule has 0 amide bonds. The van der Waals surface area contributed by atoms with Crippen molar-refractivity contribution in [2.75, 3.05) is 11.5 Å². The molecule has 5 heteroatoms. The first-order valence-electron chi connectivity index (χ1n) is 11.7. The summed E-state index contributed by atoms with van der Waals surface area (Å²) < 4.78 is 10.7. The molecule has 0 aliphatic carbocycles. The van der Waals surface area contributed by atoms with Gasteiger partial charge in [0, 0.05) is 11.5 Å². The molecule has 2 N–H and O–H groups in total. The molecule has 3 nitrogen and oxygen atoms in total. The molecule has 0 aromatic carbocycles. The molecule has 0 atom stereocenters. The molecule has 0 bridgehead atoms. The fourth-order valence-electron chi connectivity index (χ4n) is 3.59. The van der Waals surface area contributed by atoms with Crippen LogP contribution >= 0.6 is 23.5 Å². The molecule has 0 rings (SSSR count). The zero-order chi connectivity index (χ0) is 20.1. The Morgan fingerprint density at radius 3 is 0.889 bits per heavy atom. The fraction of sp³-hybridized carbons (Fsp3) is 1.00. The first kappa shape index (κ1) is 27.6. The van der Waals surface area contributed by atoms with Crippen LogP contribution < -0.4 is 0 Å². The van der Waals surface area contributed by atoms with E-state index in [9.17, 15) is 4.57 Å². The number of hydrogen-bond donors (Lipinski definition) is 2. The van der Waals surface area contributed by atoms with Crippen LogP contribution in [-0.2, 0) is 4.57 Å². The van der Waals surface area contributed by atoms with Gasteiger partial charge >= 0.3 is 7.60 Å². The van der Waals surface area contributed by atoms with Crippen molar-refractivity contribution >= 4 is 23.5 Å². The highest BCUT2D eigenvalue weighted by Crippen LogP contribution is 2.35. The van der Waals surface area contributed by atoms with E-state index in [4.69, 9.17) is 9.79 Å². The van der Waals surface area contributed by atoms with Crippen LogP contribution in [0.15, 0.2) is 0 Å². The van der Waals surface area contributed by atoms with Crippen molar-refractivity contribution in [3.63, 3.8) is 0 Å². The smallest absolute Gasteiger partial charge is 0.324 e. The molecule has 164 valence electrons. The van der Waals surface area contributed by atoms with E-state index in [2.05, 4.69) is 15.9 Å². The quantitative estimate of drug-likeness (QED) is 0.0951. The van der Waals surface area contributed by atoms with Crippen molar-refractivity contribution in [1.29, 1.82) is 0 Å². The summed E-state index contributed by atoms with van der Waals surface area (Å²) in [5, 5.41) is 1.16. The lowest BCUT2D eigenvalue weighted by molar-refractivity contribution is 0.370. The third-order valence-electron chi connectivity index (χ3n) is 5.33. The van der Waals surface area contributed by atoms with Gasteiger partial charge in [0.15, 0.2) is 0 Å². The third kappa shape index (κ3) is 26.6. The predicted molar refractivity (Wildman–Crippen MR) is 123 cm³/mol. The molecule has 0 fully saturated rings. The van der Waals surface area contributed by atoms with E-state index in [1.807, 2.05) is 0 Å². The highest BCUT2D eigenvalue weighted by molar-refractivity contribution is 9.09. The first-order valence-corrected chi connectivity index (χ1v) is 14.6. The molecule has 0 saturated heterocycles. The fourth-order valence-corrected chi connectivity index (χ4v) is 4.63. The average molecular weight is 469 g/mol. The van der Waals surface area contributed by atoms with Gasteiger partial charge in [-0.3, -0.25) is 4.57 Å². The largest absolute Gasteiger partial charge is 0.325 e. The Hall–Kier alpha value is 0.630. The van der Waals surface area contributed by atoms with Crippen LogP contribution in [0.4, 0.5) is 0 Å². The number of hydrogen-bond acceptors (Lipinski definition) is 1. The maximum absolute atomic E-state index is 10.7. The molecular formula is C22H46BrO3P. The van der Waals surface area contributed by atoms with Crippen LogP contribution in [0.25, 0.3) is 0 Å². The average Bonchev–Trinajstić information content (AvgIpc) is 2.62.